The summed E-state index contributed by atoms with van der Waals surface area (Å²) >= 11 is 0. The van der Waals surface area contributed by atoms with Gasteiger partial charge in [0.25, 0.3) is 0 Å². The molecule has 2 unspecified atom stereocenters. The molecule has 0 radical (unpaired) electrons. The van der Waals surface area contributed by atoms with Crippen LogP contribution in [0.1, 0.15) is 20.3 Å². The predicted molar refractivity (Wildman–Crippen MR) is 44.1 cm³/mol. The van der Waals surface area contributed by atoms with Crippen molar-refractivity contribution in [1.29, 1.82) is 0 Å². The Hall–Kier alpha value is -1.10. The monoisotopic (exact) mass is 190 g/mol. The third kappa shape index (κ3) is 2.18. The number of rotatable bonds is 4. The Kier molecular flexibility index (Phi) is 3.87. The molecule has 76 valence electrons. The third-order valence-corrected chi connectivity index (χ3v) is 2.16. The van der Waals surface area contributed by atoms with Crippen LogP contribution < -0.4 is 0 Å². The molecule has 0 saturated heterocycles. The standard InChI is InChI=1S/C8H14O5/c1-4-8(12,7(11)13-3)5(2)6(9)10/h5,12H,4H2,1-3H3,(H,9,10). The molecule has 2 atom stereocenters. The Morgan fingerprint density at radius 3 is 2.23 bits per heavy atom. The molecule has 13 heavy (non-hydrogen) atoms. The van der Waals surface area contributed by atoms with Gasteiger partial charge in [-0.1, -0.05) is 6.92 Å². The highest BCUT2D eigenvalue weighted by Gasteiger charge is 2.44. The van der Waals surface area contributed by atoms with Gasteiger partial charge in [0.05, 0.1) is 13.0 Å². The number of hydrogen-bond acceptors (Lipinski definition) is 4. The quantitative estimate of drug-likeness (QED) is 0.610. The lowest BCUT2D eigenvalue weighted by Gasteiger charge is -2.27. The minimum Gasteiger partial charge on any atom is -0.481 e. The van der Waals surface area contributed by atoms with Gasteiger partial charge in [-0.3, -0.25) is 4.79 Å². The zero-order chi connectivity index (χ0) is 10.6. The maximum atomic E-state index is 11.1. The first-order chi connectivity index (χ1) is 5.90. The van der Waals surface area contributed by atoms with Gasteiger partial charge in [-0.15, -0.1) is 0 Å². The predicted octanol–water partition coefficient (Wildman–Crippen LogP) is 0.0212. The summed E-state index contributed by atoms with van der Waals surface area (Å²) in [5.74, 6) is -3.32. The average Bonchev–Trinajstić information content (AvgIpc) is 2.13. The molecule has 0 aromatic rings. The fourth-order valence-corrected chi connectivity index (χ4v) is 1.01. The molecule has 0 aliphatic heterocycles. The molecule has 0 rings (SSSR count). The first-order valence-electron chi connectivity index (χ1n) is 3.93. The Morgan fingerprint density at radius 1 is 1.54 bits per heavy atom. The van der Waals surface area contributed by atoms with Crippen molar-refractivity contribution < 1.29 is 24.5 Å². The molecule has 0 aliphatic rings. The van der Waals surface area contributed by atoms with E-state index in [0.29, 0.717) is 0 Å². The lowest BCUT2D eigenvalue weighted by molar-refractivity contribution is -0.176. The fraction of sp³-hybridized carbons (Fsp3) is 0.750. The number of aliphatic carboxylic acids is 1. The van der Waals surface area contributed by atoms with Crippen LogP contribution in [0.2, 0.25) is 0 Å². The number of carboxylic acids is 1. The van der Waals surface area contributed by atoms with Gasteiger partial charge < -0.3 is 14.9 Å². The molecule has 0 amide bonds. The van der Waals surface area contributed by atoms with Crippen molar-refractivity contribution in [2.45, 2.75) is 25.9 Å². The second-order valence-electron chi connectivity index (χ2n) is 2.83. The van der Waals surface area contributed by atoms with E-state index in [2.05, 4.69) is 4.74 Å². The number of aliphatic hydroxyl groups is 1. The number of carbonyl (C=O) groups is 2. The molecule has 0 aromatic carbocycles. The molecule has 2 N–H and O–H groups in total. The van der Waals surface area contributed by atoms with Gasteiger partial charge in [-0.25, -0.2) is 4.79 Å². The lowest BCUT2D eigenvalue weighted by atomic mass is 9.86. The van der Waals surface area contributed by atoms with Crippen molar-refractivity contribution in [3.63, 3.8) is 0 Å². The minimum absolute atomic E-state index is 0.00708. The summed E-state index contributed by atoms with van der Waals surface area (Å²) in [6.07, 6.45) is 0.00708. The van der Waals surface area contributed by atoms with Crippen LogP contribution in [0, 0.1) is 5.92 Å². The highest BCUT2D eigenvalue weighted by Crippen LogP contribution is 2.23. The fourth-order valence-electron chi connectivity index (χ4n) is 1.01. The molecule has 0 spiro atoms. The average molecular weight is 190 g/mol. The molecule has 5 nitrogen and oxygen atoms in total. The number of ether oxygens (including phenoxy) is 1. The maximum absolute atomic E-state index is 11.1. The molecular formula is C8H14O5. The van der Waals surface area contributed by atoms with Gasteiger partial charge >= 0.3 is 11.9 Å². The first kappa shape index (κ1) is 11.9. The van der Waals surface area contributed by atoms with E-state index in [1.165, 1.54) is 13.8 Å². The van der Waals surface area contributed by atoms with Gasteiger partial charge in [0, 0.05) is 0 Å². The number of esters is 1. The summed E-state index contributed by atoms with van der Waals surface area (Å²) in [6.45, 7) is 2.79. The van der Waals surface area contributed by atoms with Gasteiger partial charge in [0.15, 0.2) is 5.60 Å². The Balaban J connectivity index is 4.82. The summed E-state index contributed by atoms with van der Waals surface area (Å²) in [5.41, 5.74) is -1.93. The van der Waals surface area contributed by atoms with Crippen molar-refractivity contribution in [3.05, 3.63) is 0 Å². The van der Waals surface area contributed by atoms with Crippen molar-refractivity contribution in [3.8, 4) is 0 Å². The van der Waals surface area contributed by atoms with Gasteiger partial charge in [0.1, 0.15) is 0 Å². The second-order valence-corrected chi connectivity index (χ2v) is 2.83. The van der Waals surface area contributed by atoms with E-state index in [1.54, 1.807) is 0 Å². The Morgan fingerprint density at radius 2 is 2.00 bits per heavy atom. The highest BCUT2D eigenvalue weighted by atomic mass is 16.5. The zero-order valence-corrected chi connectivity index (χ0v) is 7.90. The van der Waals surface area contributed by atoms with Crippen molar-refractivity contribution in [2.24, 2.45) is 5.92 Å². The van der Waals surface area contributed by atoms with Gasteiger partial charge in [0.2, 0.25) is 0 Å². The molecular weight excluding hydrogens is 176 g/mol. The van der Waals surface area contributed by atoms with Crippen molar-refractivity contribution >= 4 is 11.9 Å². The molecule has 0 heterocycles. The number of methoxy groups -OCH3 is 1. The highest BCUT2D eigenvalue weighted by molar-refractivity contribution is 5.86. The molecule has 0 fully saturated rings. The molecule has 0 saturated carbocycles. The largest absolute Gasteiger partial charge is 0.481 e. The van der Waals surface area contributed by atoms with E-state index < -0.39 is 23.5 Å². The van der Waals surface area contributed by atoms with Gasteiger partial charge in [-0.2, -0.15) is 0 Å². The first-order valence-corrected chi connectivity index (χ1v) is 3.93. The van der Waals surface area contributed by atoms with Crippen LogP contribution in [0.25, 0.3) is 0 Å². The summed E-state index contributed by atoms with van der Waals surface area (Å²) in [7, 11) is 1.11. The molecule has 5 heteroatoms. The second kappa shape index (κ2) is 4.23. The zero-order valence-electron chi connectivity index (χ0n) is 7.90. The number of carbonyl (C=O) groups excluding carboxylic acids is 1. The summed E-state index contributed by atoms with van der Waals surface area (Å²) in [4.78, 5) is 21.6. The molecule has 0 bridgehead atoms. The van der Waals surface area contributed by atoms with Crippen LogP contribution >= 0.6 is 0 Å². The van der Waals surface area contributed by atoms with E-state index in [9.17, 15) is 14.7 Å². The van der Waals surface area contributed by atoms with Crippen molar-refractivity contribution in [2.75, 3.05) is 7.11 Å². The van der Waals surface area contributed by atoms with Crippen LogP contribution in [-0.4, -0.2) is 34.9 Å². The smallest absolute Gasteiger partial charge is 0.338 e. The Labute approximate surface area is 76.3 Å². The van der Waals surface area contributed by atoms with Crippen molar-refractivity contribution in [1.82, 2.24) is 0 Å². The number of hydrogen-bond donors (Lipinski definition) is 2. The minimum atomic E-state index is -1.93. The van der Waals surface area contributed by atoms with Crippen LogP contribution in [0.4, 0.5) is 0 Å². The summed E-state index contributed by atoms with van der Waals surface area (Å²) in [5, 5.41) is 18.3. The van der Waals surface area contributed by atoms with E-state index >= 15 is 0 Å². The SMILES string of the molecule is CCC(O)(C(=O)OC)C(C)C(=O)O. The van der Waals surface area contributed by atoms with Crippen LogP contribution in [0.3, 0.4) is 0 Å². The lowest BCUT2D eigenvalue weighted by Crippen LogP contribution is -2.48. The van der Waals surface area contributed by atoms with E-state index in [0.717, 1.165) is 7.11 Å². The number of carboxylic acid groups (broad SMARTS) is 1. The van der Waals surface area contributed by atoms with E-state index in [1.807, 2.05) is 0 Å². The van der Waals surface area contributed by atoms with Crippen LogP contribution in [-0.2, 0) is 14.3 Å². The molecule has 0 aliphatic carbocycles. The third-order valence-electron chi connectivity index (χ3n) is 2.16. The Bertz CT molecular complexity index is 213. The normalized spacial score (nSPS) is 17.2. The topological polar surface area (TPSA) is 83.8 Å². The van der Waals surface area contributed by atoms with E-state index in [4.69, 9.17) is 5.11 Å². The van der Waals surface area contributed by atoms with Crippen LogP contribution in [0.5, 0.6) is 0 Å². The van der Waals surface area contributed by atoms with Gasteiger partial charge in [-0.05, 0) is 13.3 Å². The van der Waals surface area contributed by atoms with Crippen LogP contribution in [0.15, 0.2) is 0 Å². The maximum Gasteiger partial charge on any atom is 0.338 e. The summed E-state index contributed by atoms with van der Waals surface area (Å²) < 4.78 is 4.33. The molecule has 0 aromatic heterocycles. The van der Waals surface area contributed by atoms with E-state index in [-0.39, 0.29) is 6.42 Å². The summed E-state index contributed by atoms with van der Waals surface area (Å²) in [6, 6.07) is 0.